The van der Waals surface area contributed by atoms with Crippen molar-refractivity contribution in [2.75, 3.05) is 19.5 Å². The van der Waals surface area contributed by atoms with E-state index in [-0.39, 0.29) is 0 Å². The highest BCUT2D eigenvalue weighted by atomic mass is 16.5. The molecule has 6 nitrogen and oxygen atoms in total. The van der Waals surface area contributed by atoms with E-state index in [1.54, 1.807) is 32.4 Å². The van der Waals surface area contributed by atoms with Crippen LogP contribution in [-0.4, -0.2) is 20.1 Å². The largest absolute Gasteiger partial charge is 0.497 e. The normalized spacial score (nSPS) is 10.6. The Hall–Kier alpha value is -3.15. The van der Waals surface area contributed by atoms with E-state index in [9.17, 15) is 4.79 Å². The molecule has 0 bridgehead atoms. The van der Waals surface area contributed by atoms with Crippen molar-refractivity contribution in [1.82, 2.24) is 0 Å². The smallest absolute Gasteiger partial charge is 0.248 e. The number of benzene rings is 2. The van der Waals surface area contributed by atoms with Gasteiger partial charge >= 0.3 is 0 Å². The number of furan rings is 1. The van der Waals surface area contributed by atoms with Gasteiger partial charge in [-0.15, -0.1) is 0 Å². The first-order valence-electron chi connectivity index (χ1n) is 7.39. The van der Waals surface area contributed by atoms with Crippen LogP contribution in [0.4, 0.5) is 5.69 Å². The van der Waals surface area contributed by atoms with Crippen LogP contribution >= 0.6 is 0 Å². The molecule has 0 unspecified atom stereocenters. The molecule has 0 aliphatic heterocycles. The third kappa shape index (κ3) is 3.12. The number of amides is 1. The number of hydrogen-bond donors (Lipinski definition) is 2. The molecule has 0 aliphatic carbocycles. The fourth-order valence-corrected chi connectivity index (χ4v) is 2.47. The Balaban J connectivity index is 1.82. The lowest BCUT2D eigenvalue weighted by molar-refractivity contribution is 0.100. The van der Waals surface area contributed by atoms with Crippen molar-refractivity contribution in [2.45, 2.75) is 6.54 Å². The number of nitrogens with one attached hydrogen (secondary N) is 1. The molecule has 0 atom stereocenters. The van der Waals surface area contributed by atoms with Crippen LogP contribution in [0.25, 0.3) is 11.0 Å². The molecule has 3 aromatic rings. The van der Waals surface area contributed by atoms with Crippen molar-refractivity contribution < 1.29 is 18.7 Å². The zero-order valence-corrected chi connectivity index (χ0v) is 13.5. The summed E-state index contributed by atoms with van der Waals surface area (Å²) >= 11 is 0. The average Bonchev–Trinajstić information content (AvgIpc) is 3.01. The second-order valence-electron chi connectivity index (χ2n) is 5.25. The van der Waals surface area contributed by atoms with Gasteiger partial charge in [-0.1, -0.05) is 0 Å². The second-order valence-corrected chi connectivity index (χ2v) is 5.25. The topological polar surface area (TPSA) is 86.7 Å². The number of ether oxygens (including phenoxy) is 2. The van der Waals surface area contributed by atoms with Crippen molar-refractivity contribution in [2.24, 2.45) is 5.73 Å². The summed E-state index contributed by atoms with van der Waals surface area (Å²) in [6, 6.07) is 12.6. The van der Waals surface area contributed by atoms with Crippen LogP contribution in [-0.2, 0) is 6.54 Å². The van der Waals surface area contributed by atoms with Gasteiger partial charge in [0.15, 0.2) is 0 Å². The molecule has 24 heavy (non-hydrogen) atoms. The number of fused-ring (bicyclic) bond motifs is 1. The summed E-state index contributed by atoms with van der Waals surface area (Å²) in [6.07, 6.45) is 0. The molecule has 0 radical (unpaired) electrons. The van der Waals surface area contributed by atoms with E-state index in [0.29, 0.717) is 23.5 Å². The number of carbonyl (C=O) groups excluding carboxylic acids is 1. The Bertz CT molecular complexity index is 886. The maximum atomic E-state index is 11.3. The molecule has 0 aliphatic rings. The SMILES string of the molecule is COc1ccc2oc(CNc3cc(C(N)=O)ccc3OC)cc2c1. The summed E-state index contributed by atoms with van der Waals surface area (Å²) in [7, 11) is 3.19. The van der Waals surface area contributed by atoms with E-state index in [0.717, 1.165) is 22.5 Å². The van der Waals surface area contributed by atoms with Crippen LogP contribution in [0.5, 0.6) is 11.5 Å². The van der Waals surface area contributed by atoms with E-state index < -0.39 is 5.91 Å². The van der Waals surface area contributed by atoms with Crippen molar-refractivity contribution >= 4 is 22.6 Å². The average molecular weight is 326 g/mol. The predicted octanol–water partition coefficient (Wildman–Crippen LogP) is 3.16. The van der Waals surface area contributed by atoms with Crippen LogP contribution in [0.15, 0.2) is 46.9 Å². The molecule has 124 valence electrons. The minimum atomic E-state index is -0.489. The predicted molar refractivity (Wildman–Crippen MR) is 91.6 cm³/mol. The maximum Gasteiger partial charge on any atom is 0.248 e. The minimum Gasteiger partial charge on any atom is -0.497 e. The molecular formula is C18H18N2O4. The lowest BCUT2D eigenvalue weighted by Gasteiger charge is -2.11. The van der Waals surface area contributed by atoms with Gasteiger partial charge in [0.2, 0.25) is 5.91 Å². The fourth-order valence-electron chi connectivity index (χ4n) is 2.47. The Morgan fingerprint density at radius 3 is 2.67 bits per heavy atom. The lowest BCUT2D eigenvalue weighted by Crippen LogP contribution is -2.11. The number of anilines is 1. The number of primary amides is 1. The Kier molecular flexibility index (Phi) is 4.29. The molecule has 0 saturated carbocycles. The van der Waals surface area contributed by atoms with Crippen molar-refractivity contribution in [3.63, 3.8) is 0 Å². The molecule has 0 saturated heterocycles. The molecule has 0 spiro atoms. The lowest BCUT2D eigenvalue weighted by atomic mass is 10.1. The van der Waals surface area contributed by atoms with Gasteiger partial charge in [0.25, 0.3) is 0 Å². The summed E-state index contributed by atoms with van der Waals surface area (Å²) < 4.78 is 16.3. The Morgan fingerprint density at radius 2 is 1.96 bits per heavy atom. The van der Waals surface area contributed by atoms with E-state index in [1.807, 2.05) is 24.3 Å². The summed E-state index contributed by atoms with van der Waals surface area (Å²) in [5.74, 6) is 1.66. The molecule has 2 aromatic carbocycles. The van der Waals surface area contributed by atoms with Crippen molar-refractivity contribution in [1.29, 1.82) is 0 Å². The van der Waals surface area contributed by atoms with Crippen molar-refractivity contribution in [3.05, 3.63) is 53.8 Å². The zero-order chi connectivity index (χ0) is 17.1. The van der Waals surface area contributed by atoms with Crippen LogP contribution in [0, 0.1) is 0 Å². The van der Waals surface area contributed by atoms with E-state index in [2.05, 4.69) is 5.32 Å². The maximum absolute atomic E-state index is 11.3. The number of methoxy groups -OCH3 is 2. The van der Waals surface area contributed by atoms with Crippen LogP contribution in [0.2, 0.25) is 0 Å². The highest BCUT2D eigenvalue weighted by Gasteiger charge is 2.10. The first-order chi connectivity index (χ1) is 11.6. The molecule has 3 rings (SSSR count). The summed E-state index contributed by atoms with van der Waals surface area (Å²) in [4.78, 5) is 11.3. The Labute approximate surface area is 139 Å². The van der Waals surface area contributed by atoms with Gasteiger partial charge in [-0.05, 0) is 42.5 Å². The van der Waals surface area contributed by atoms with Gasteiger partial charge < -0.3 is 24.9 Å². The number of carbonyl (C=O) groups is 1. The fraction of sp³-hybridized carbons (Fsp3) is 0.167. The van der Waals surface area contributed by atoms with Crippen LogP contribution in [0.3, 0.4) is 0 Å². The molecular weight excluding hydrogens is 308 g/mol. The third-order valence-corrected chi connectivity index (χ3v) is 3.71. The highest BCUT2D eigenvalue weighted by molar-refractivity contribution is 5.94. The molecule has 0 fully saturated rings. The van der Waals surface area contributed by atoms with Gasteiger partial charge in [-0.25, -0.2) is 0 Å². The van der Waals surface area contributed by atoms with Crippen LogP contribution < -0.4 is 20.5 Å². The number of hydrogen-bond acceptors (Lipinski definition) is 5. The summed E-state index contributed by atoms with van der Waals surface area (Å²) in [5.41, 5.74) is 7.19. The van der Waals surface area contributed by atoms with E-state index in [4.69, 9.17) is 19.6 Å². The second kappa shape index (κ2) is 6.54. The quantitative estimate of drug-likeness (QED) is 0.726. The molecule has 3 N–H and O–H groups in total. The number of rotatable bonds is 6. The standard InChI is InChI=1S/C18H18N2O4/c1-22-13-4-6-16-12(7-13)8-14(24-16)10-20-15-9-11(18(19)21)3-5-17(15)23-2/h3-9,20H,10H2,1-2H3,(H2,19,21). The minimum absolute atomic E-state index is 0.410. The third-order valence-electron chi connectivity index (χ3n) is 3.71. The van der Waals surface area contributed by atoms with Gasteiger partial charge in [-0.3, -0.25) is 4.79 Å². The summed E-state index contributed by atoms with van der Waals surface area (Å²) in [6.45, 7) is 0.440. The number of nitrogens with two attached hydrogens (primary N) is 1. The summed E-state index contributed by atoms with van der Waals surface area (Å²) in [5, 5.41) is 4.17. The van der Waals surface area contributed by atoms with E-state index in [1.165, 1.54) is 0 Å². The molecule has 6 heteroatoms. The van der Waals surface area contributed by atoms with Crippen LogP contribution in [0.1, 0.15) is 16.1 Å². The zero-order valence-electron chi connectivity index (χ0n) is 13.5. The van der Waals surface area contributed by atoms with Gasteiger partial charge in [0.05, 0.1) is 26.5 Å². The van der Waals surface area contributed by atoms with Crippen molar-refractivity contribution in [3.8, 4) is 11.5 Å². The molecule has 1 amide bonds. The van der Waals surface area contributed by atoms with Gasteiger partial charge in [-0.2, -0.15) is 0 Å². The monoisotopic (exact) mass is 326 g/mol. The van der Waals surface area contributed by atoms with E-state index >= 15 is 0 Å². The van der Waals surface area contributed by atoms with Gasteiger partial charge in [0.1, 0.15) is 22.8 Å². The molecule has 1 heterocycles. The van der Waals surface area contributed by atoms with Gasteiger partial charge in [0, 0.05) is 10.9 Å². The molecule has 1 aromatic heterocycles. The first kappa shape index (κ1) is 15.7. The first-order valence-corrected chi connectivity index (χ1v) is 7.39. The highest BCUT2D eigenvalue weighted by Crippen LogP contribution is 2.28. The Morgan fingerprint density at radius 1 is 1.12 bits per heavy atom.